The molecule has 41 heavy (non-hydrogen) atoms. The van der Waals surface area contributed by atoms with Gasteiger partial charge in [0.15, 0.2) is 0 Å². The molecule has 0 saturated heterocycles. The predicted octanol–water partition coefficient (Wildman–Crippen LogP) is 6.23. The number of H-pyrrole nitrogens is 1. The van der Waals surface area contributed by atoms with Crippen molar-refractivity contribution in [2.24, 2.45) is 0 Å². The maximum absolute atomic E-state index is 14.4. The van der Waals surface area contributed by atoms with Crippen LogP contribution < -0.4 is 10.1 Å². The van der Waals surface area contributed by atoms with Crippen LogP contribution in [-0.4, -0.2) is 60.7 Å². The molecule has 0 spiro atoms. The van der Waals surface area contributed by atoms with E-state index in [1.165, 1.54) is 23.4 Å². The molecule has 2 heterocycles. The van der Waals surface area contributed by atoms with Crippen molar-refractivity contribution in [1.82, 2.24) is 20.2 Å². The van der Waals surface area contributed by atoms with Gasteiger partial charge in [-0.25, -0.2) is 9.37 Å². The molecule has 0 radical (unpaired) electrons. The predicted molar refractivity (Wildman–Crippen MR) is 152 cm³/mol. The van der Waals surface area contributed by atoms with Crippen LogP contribution in [0.25, 0.3) is 22.0 Å². The van der Waals surface area contributed by atoms with Crippen molar-refractivity contribution in [3.63, 3.8) is 0 Å². The number of benzene rings is 2. The number of alkyl halides is 3. The summed E-state index contributed by atoms with van der Waals surface area (Å²) in [5.41, 5.74) is 2.16. The first kappa shape index (κ1) is 29.5. The number of likely N-dealkylation sites (N-methyl/N-ethyl adjacent to an activating group) is 1. The molecule has 0 atom stereocenters. The van der Waals surface area contributed by atoms with Gasteiger partial charge in [0.1, 0.15) is 12.4 Å². The fourth-order valence-corrected chi connectivity index (χ4v) is 4.27. The fraction of sp³-hybridized carbons (Fsp3) is 0.226. The number of rotatable bonds is 11. The molecule has 6 nitrogen and oxygen atoms in total. The van der Waals surface area contributed by atoms with Gasteiger partial charge in [-0.1, -0.05) is 42.5 Å². The number of carbonyl (C=O) groups is 1. The van der Waals surface area contributed by atoms with Gasteiger partial charge in [-0.3, -0.25) is 4.79 Å². The summed E-state index contributed by atoms with van der Waals surface area (Å²) in [6.07, 6.45) is 0.199. The van der Waals surface area contributed by atoms with Crippen molar-refractivity contribution in [2.75, 3.05) is 33.8 Å². The number of halogens is 4. The van der Waals surface area contributed by atoms with E-state index in [0.29, 0.717) is 46.7 Å². The van der Waals surface area contributed by atoms with Crippen LogP contribution in [0.5, 0.6) is 5.88 Å². The van der Waals surface area contributed by atoms with Crippen LogP contribution in [0.15, 0.2) is 85.2 Å². The van der Waals surface area contributed by atoms with Gasteiger partial charge < -0.3 is 19.9 Å². The van der Waals surface area contributed by atoms with Gasteiger partial charge in [0.2, 0.25) is 11.8 Å². The van der Waals surface area contributed by atoms with Crippen molar-refractivity contribution in [2.45, 2.75) is 12.6 Å². The van der Waals surface area contributed by atoms with Gasteiger partial charge in [0, 0.05) is 68.2 Å². The zero-order valence-electron chi connectivity index (χ0n) is 22.6. The van der Waals surface area contributed by atoms with Crippen molar-refractivity contribution in [3.05, 3.63) is 108 Å². The molecule has 0 aliphatic rings. The Kier molecular flexibility index (Phi) is 9.57. The van der Waals surface area contributed by atoms with Crippen LogP contribution in [0.3, 0.4) is 0 Å². The normalized spacial score (nSPS) is 12.5. The molecule has 0 aliphatic heterocycles. The number of carbonyl (C=O) groups excluding carboxylic acids is 1. The van der Waals surface area contributed by atoms with E-state index < -0.39 is 18.4 Å². The Hall–Kier alpha value is -4.44. The van der Waals surface area contributed by atoms with Gasteiger partial charge in [-0.2, -0.15) is 13.2 Å². The molecule has 0 fully saturated rings. The lowest BCUT2D eigenvalue weighted by Crippen LogP contribution is -2.22. The second-order valence-corrected chi connectivity index (χ2v) is 9.48. The van der Waals surface area contributed by atoms with E-state index in [2.05, 4.69) is 15.3 Å². The summed E-state index contributed by atoms with van der Waals surface area (Å²) in [6.45, 7) is 1.26. The number of pyridine rings is 1. The number of amides is 1. The quantitative estimate of drug-likeness (QED) is 0.0978. The smallest absolute Gasteiger partial charge is 0.393 e. The molecule has 0 saturated carbocycles. The van der Waals surface area contributed by atoms with Crippen molar-refractivity contribution in [3.8, 4) is 5.88 Å². The summed E-state index contributed by atoms with van der Waals surface area (Å²) in [7, 11) is 3.34. The molecule has 0 aliphatic carbocycles. The standard InChI is InChI=1S/C31H30F4N4O2/c1-39(2)29(40)9-6-14-36-15-16-41-28-13-11-23(19-38-28)30(22-10-12-27-24(17-22)26(32)20-37-27)25(18-31(33,34)35)21-7-4-3-5-8-21/h3-13,17,19-20,36-37H,14-16,18H2,1-2H3/b9-6+,30-25-. The Labute approximate surface area is 235 Å². The molecule has 2 aromatic heterocycles. The van der Waals surface area contributed by atoms with E-state index in [4.69, 9.17) is 4.74 Å². The zero-order chi connectivity index (χ0) is 29.4. The first-order valence-electron chi connectivity index (χ1n) is 12.9. The van der Waals surface area contributed by atoms with E-state index in [9.17, 15) is 22.4 Å². The molecular formula is C31H30F4N4O2. The molecule has 2 N–H and O–H groups in total. The zero-order valence-corrected chi connectivity index (χ0v) is 22.6. The van der Waals surface area contributed by atoms with Crippen LogP contribution >= 0.6 is 0 Å². The van der Waals surface area contributed by atoms with Gasteiger partial charge in [-0.05, 0) is 40.5 Å². The van der Waals surface area contributed by atoms with Gasteiger partial charge in [-0.15, -0.1) is 0 Å². The Bertz CT molecular complexity index is 1530. The Morgan fingerprint density at radius 3 is 2.49 bits per heavy atom. The third-order valence-electron chi connectivity index (χ3n) is 6.24. The number of ether oxygens (including phenoxy) is 1. The van der Waals surface area contributed by atoms with Crippen molar-refractivity contribution >= 4 is 28.0 Å². The molecule has 2 aromatic carbocycles. The summed E-state index contributed by atoms with van der Waals surface area (Å²) >= 11 is 0. The molecule has 1 amide bonds. The number of nitrogens with zero attached hydrogens (tertiary/aromatic N) is 2. The minimum Gasteiger partial charge on any atom is -0.476 e. The number of fused-ring (bicyclic) bond motifs is 1. The summed E-state index contributed by atoms with van der Waals surface area (Å²) in [4.78, 5) is 20.2. The highest BCUT2D eigenvalue weighted by Crippen LogP contribution is 2.40. The lowest BCUT2D eigenvalue weighted by atomic mass is 9.88. The van der Waals surface area contributed by atoms with E-state index in [0.717, 1.165) is 0 Å². The van der Waals surface area contributed by atoms with Gasteiger partial charge in [0.05, 0.1) is 6.42 Å². The summed E-state index contributed by atoms with van der Waals surface area (Å²) in [5.74, 6) is -0.296. The largest absolute Gasteiger partial charge is 0.476 e. The molecule has 4 rings (SSSR count). The number of nitrogens with one attached hydrogen (secondary N) is 2. The highest BCUT2D eigenvalue weighted by Gasteiger charge is 2.31. The van der Waals surface area contributed by atoms with Gasteiger partial charge >= 0.3 is 6.18 Å². The van der Waals surface area contributed by atoms with Crippen LogP contribution in [-0.2, 0) is 4.79 Å². The monoisotopic (exact) mass is 566 g/mol. The number of hydrogen-bond donors (Lipinski definition) is 2. The first-order chi connectivity index (χ1) is 19.6. The minimum absolute atomic E-state index is 0.0499. The molecule has 214 valence electrons. The highest BCUT2D eigenvalue weighted by atomic mass is 19.4. The number of aromatic amines is 1. The minimum atomic E-state index is -4.49. The first-order valence-corrected chi connectivity index (χ1v) is 12.9. The topological polar surface area (TPSA) is 70.2 Å². The summed E-state index contributed by atoms with van der Waals surface area (Å²) < 4.78 is 61.7. The Balaban J connectivity index is 1.61. The molecule has 0 bridgehead atoms. The highest BCUT2D eigenvalue weighted by molar-refractivity contribution is 6.00. The second-order valence-electron chi connectivity index (χ2n) is 9.48. The van der Waals surface area contributed by atoms with E-state index in [-0.39, 0.29) is 23.5 Å². The third-order valence-corrected chi connectivity index (χ3v) is 6.24. The van der Waals surface area contributed by atoms with E-state index >= 15 is 0 Å². The molecule has 10 heteroatoms. The fourth-order valence-electron chi connectivity index (χ4n) is 4.27. The van der Waals surface area contributed by atoms with Crippen LogP contribution in [0.4, 0.5) is 17.6 Å². The molecule has 0 unspecified atom stereocenters. The lowest BCUT2D eigenvalue weighted by Gasteiger charge is -2.19. The number of aromatic nitrogens is 2. The van der Waals surface area contributed by atoms with Crippen LogP contribution in [0.1, 0.15) is 23.1 Å². The van der Waals surface area contributed by atoms with Gasteiger partial charge in [0.25, 0.3) is 0 Å². The average Bonchev–Trinajstić information content (AvgIpc) is 3.32. The van der Waals surface area contributed by atoms with Crippen molar-refractivity contribution < 1.29 is 27.1 Å². The Morgan fingerprint density at radius 2 is 1.80 bits per heavy atom. The van der Waals surface area contributed by atoms with E-state index in [1.54, 1.807) is 80.8 Å². The number of hydrogen-bond acceptors (Lipinski definition) is 4. The van der Waals surface area contributed by atoms with Crippen molar-refractivity contribution in [1.29, 1.82) is 0 Å². The van der Waals surface area contributed by atoms with E-state index in [1.807, 2.05) is 0 Å². The summed E-state index contributed by atoms with van der Waals surface area (Å²) in [6, 6.07) is 16.4. The molecule has 4 aromatic rings. The maximum atomic E-state index is 14.4. The number of allylic oxidation sites excluding steroid dienone is 1. The third kappa shape index (κ3) is 8.04. The Morgan fingerprint density at radius 1 is 1.05 bits per heavy atom. The summed E-state index contributed by atoms with van der Waals surface area (Å²) in [5, 5.41) is 3.39. The van der Waals surface area contributed by atoms with Crippen LogP contribution in [0, 0.1) is 5.82 Å². The van der Waals surface area contributed by atoms with Crippen LogP contribution in [0.2, 0.25) is 0 Å². The molecular weight excluding hydrogens is 536 g/mol. The SMILES string of the molecule is CN(C)C(=O)/C=C/CNCCOc1ccc(/C(=C(/CC(F)(F)F)c2ccccc2)c2ccc3[nH]cc(F)c3c2)cn1. The maximum Gasteiger partial charge on any atom is 0.393 e. The second kappa shape index (κ2) is 13.3. The lowest BCUT2D eigenvalue weighted by molar-refractivity contribution is -0.124. The average molecular weight is 567 g/mol.